The summed E-state index contributed by atoms with van der Waals surface area (Å²) < 4.78 is 7.06. The second kappa shape index (κ2) is 18.9. The molecule has 3 amide bonds. The number of benzene rings is 2. The Morgan fingerprint density at radius 1 is 1.16 bits per heavy atom. The van der Waals surface area contributed by atoms with Gasteiger partial charge in [-0.15, -0.1) is 0 Å². The zero-order valence-electron chi connectivity index (χ0n) is 21.2. The number of nitriles is 1. The van der Waals surface area contributed by atoms with Crippen molar-refractivity contribution in [1.29, 1.82) is 5.26 Å². The van der Waals surface area contributed by atoms with Crippen LogP contribution in [0.2, 0.25) is 0 Å². The number of carbonyl (C=O) groups is 3. The third kappa shape index (κ3) is 12.0. The molecule has 2 aromatic carbocycles. The Kier molecular flexibility index (Phi) is 19.4. The maximum absolute atomic E-state index is 11.6. The Balaban J connectivity index is 0. The Hall–Kier alpha value is -1.26. The van der Waals surface area contributed by atoms with Gasteiger partial charge in [-0.1, -0.05) is 58.3 Å². The standard InChI is InChI=1S/C13H17BrO2.C11H11BrN2O2.CHNO.CH4.K/c1-4-16-13(15)10(3)8-11-5-6-12(14)9(2)7-11;1-6-5-8(3-4-9(6)12)14-7(2)10(15)13-11(14)16;2-1-3;;/h5-7,10H,4,8H2,1-3H3;3-5,7H,1-2H3,(H,13,15,16);3H;1H4;/q;;;;+1/p-1. The molecule has 8 nitrogen and oxygen atoms in total. The molecule has 0 spiro atoms. The van der Waals surface area contributed by atoms with Crippen LogP contribution in [0.4, 0.5) is 10.5 Å². The summed E-state index contributed by atoms with van der Waals surface area (Å²) in [6.07, 6.45) is 1.23. The van der Waals surface area contributed by atoms with E-state index >= 15 is 0 Å². The molecule has 0 aromatic heterocycles. The summed E-state index contributed by atoms with van der Waals surface area (Å²) in [5.74, 6) is -0.464. The minimum atomic E-state index is -0.451. The number of imide groups is 1. The van der Waals surface area contributed by atoms with Crippen molar-refractivity contribution in [3.8, 4) is 6.26 Å². The van der Waals surface area contributed by atoms with Crippen molar-refractivity contribution >= 4 is 55.5 Å². The number of hydrogen-bond acceptors (Lipinski definition) is 6. The summed E-state index contributed by atoms with van der Waals surface area (Å²) in [7, 11) is 0. The normalized spacial score (nSPS) is 14.2. The van der Waals surface area contributed by atoms with Gasteiger partial charge in [0.05, 0.1) is 12.5 Å². The SMILES string of the molecule is C.CCOC(=O)C(C)Cc1ccc(Br)c(C)c1.Cc1cc(N2C(=O)NC(=O)C2C)ccc1Br.N#C[O-].[K+]. The molecule has 2 aromatic rings. The topological polar surface area (TPSA) is 123 Å². The van der Waals surface area contributed by atoms with Gasteiger partial charge in [0.2, 0.25) is 0 Å². The van der Waals surface area contributed by atoms with Gasteiger partial charge in [-0.25, -0.2) is 10.1 Å². The molecule has 0 radical (unpaired) electrons. The van der Waals surface area contributed by atoms with Crippen molar-refractivity contribution in [1.82, 2.24) is 5.32 Å². The quantitative estimate of drug-likeness (QED) is 0.226. The van der Waals surface area contributed by atoms with Crippen LogP contribution in [0.3, 0.4) is 0 Å². The molecular weight excluding hydrogens is 633 g/mol. The van der Waals surface area contributed by atoms with Crippen LogP contribution in [0.15, 0.2) is 45.3 Å². The van der Waals surface area contributed by atoms with Gasteiger partial charge in [0.1, 0.15) is 6.04 Å². The first-order valence-corrected chi connectivity index (χ1v) is 12.4. The molecule has 1 aliphatic rings. The monoisotopic (exact) mass is 663 g/mol. The molecule has 1 heterocycles. The third-order valence-corrected chi connectivity index (χ3v) is 6.87. The van der Waals surface area contributed by atoms with E-state index in [9.17, 15) is 14.4 Å². The van der Waals surface area contributed by atoms with E-state index < -0.39 is 6.04 Å². The van der Waals surface area contributed by atoms with Crippen LogP contribution in [0, 0.1) is 31.3 Å². The smallest absolute Gasteiger partial charge is 0.812 e. The van der Waals surface area contributed by atoms with Crippen LogP contribution in [0.1, 0.15) is 44.9 Å². The van der Waals surface area contributed by atoms with Crippen LogP contribution in [-0.2, 0) is 20.7 Å². The number of anilines is 1. The van der Waals surface area contributed by atoms with Crippen molar-refractivity contribution in [3.05, 3.63) is 62.0 Å². The zero-order chi connectivity index (χ0) is 26.7. The molecule has 11 heteroatoms. The van der Waals surface area contributed by atoms with E-state index in [1.54, 1.807) is 6.92 Å². The summed E-state index contributed by atoms with van der Waals surface area (Å²) in [6.45, 7) is 9.86. The van der Waals surface area contributed by atoms with E-state index in [2.05, 4.69) is 43.2 Å². The summed E-state index contributed by atoms with van der Waals surface area (Å²) in [4.78, 5) is 35.8. The van der Waals surface area contributed by atoms with Gasteiger partial charge in [0, 0.05) is 20.9 Å². The molecule has 2 unspecified atom stereocenters. The zero-order valence-corrected chi connectivity index (χ0v) is 27.5. The van der Waals surface area contributed by atoms with Crippen LogP contribution in [-0.4, -0.2) is 30.6 Å². The molecule has 0 saturated carbocycles. The average Bonchev–Trinajstić information content (AvgIpc) is 3.05. The number of halogens is 2. The van der Waals surface area contributed by atoms with E-state index in [1.807, 2.05) is 58.0 Å². The molecule has 1 saturated heterocycles. The van der Waals surface area contributed by atoms with Gasteiger partial charge in [-0.3, -0.25) is 19.8 Å². The number of aryl methyl sites for hydroxylation is 2. The van der Waals surface area contributed by atoms with Gasteiger partial charge in [0.15, 0.2) is 0 Å². The number of ether oxygens (including phenoxy) is 1. The maximum atomic E-state index is 11.6. The van der Waals surface area contributed by atoms with E-state index in [-0.39, 0.29) is 82.6 Å². The summed E-state index contributed by atoms with van der Waals surface area (Å²) in [5.41, 5.74) is 4.11. The predicted molar refractivity (Wildman–Crippen MR) is 145 cm³/mol. The molecule has 1 fully saturated rings. The molecule has 1 aliphatic heterocycles. The van der Waals surface area contributed by atoms with Crippen molar-refractivity contribution in [2.24, 2.45) is 5.92 Å². The number of amides is 3. The molecular formula is C26H32Br2KN3O5. The minimum Gasteiger partial charge on any atom is -0.812 e. The largest absolute Gasteiger partial charge is 1.00 e. The first kappa shape index (κ1) is 37.9. The molecule has 37 heavy (non-hydrogen) atoms. The first-order valence-electron chi connectivity index (χ1n) is 10.8. The van der Waals surface area contributed by atoms with E-state index in [0.29, 0.717) is 12.9 Å². The minimum absolute atomic E-state index is 0. The number of nitrogens with one attached hydrogen (secondary N) is 1. The van der Waals surface area contributed by atoms with E-state index in [0.717, 1.165) is 26.6 Å². The van der Waals surface area contributed by atoms with Crippen LogP contribution in [0.5, 0.6) is 0 Å². The van der Waals surface area contributed by atoms with Crippen molar-refractivity contribution in [2.75, 3.05) is 11.5 Å². The fraction of sp³-hybridized carbons (Fsp3) is 0.385. The molecule has 3 rings (SSSR count). The third-order valence-electron chi connectivity index (χ3n) is 5.09. The number of carbonyl (C=O) groups excluding carboxylic acids is 3. The van der Waals surface area contributed by atoms with Crippen molar-refractivity contribution in [2.45, 2.75) is 54.5 Å². The number of urea groups is 1. The van der Waals surface area contributed by atoms with E-state index in [4.69, 9.17) is 15.1 Å². The fourth-order valence-electron chi connectivity index (χ4n) is 3.24. The second-order valence-electron chi connectivity index (χ2n) is 7.81. The van der Waals surface area contributed by atoms with Crippen molar-refractivity contribution < 1.29 is 75.6 Å². The number of hydrogen-bond donors (Lipinski definition) is 1. The van der Waals surface area contributed by atoms with Crippen LogP contribution < -0.4 is 66.7 Å². The average molecular weight is 665 g/mol. The van der Waals surface area contributed by atoms with Crippen LogP contribution >= 0.6 is 31.9 Å². The summed E-state index contributed by atoms with van der Waals surface area (Å²) in [6, 6.07) is 10.9. The van der Waals surface area contributed by atoms with Gasteiger partial charge in [-0.2, -0.15) is 0 Å². The molecule has 0 bridgehead atoms. The summed E-state index contributed by atoms with van der Waals surface area (Å²) >= 11 is 6.85. The van der Waals surface area contributed by atoms with Crippen LogP contribution in [0.25, 0.3) is 0 Å². The van der Waals surface area contributed by atoms with Gasteiger partial charge in [-0.05, 0) is 75.1 Å². The maximum Gasteiger partial charge on any atom is 1.00 e. The van der Waals surface area contributed by atoms with Crippen molar-refractivity contribution in [3.63, 3.8) is 0 Å². The Morgan fingerprint density at radius 3 is 2.11 bits per heavy atom. The molecule has 0 aliphatic carbocycles. The Bertz CT molecular complexity index is 1110. The molecule has 2 atom stereocenters. The fourth-order valence-corrected chi connectivity index (χ4v) is 3.73. The summed E-state index contributed by atoms with van der Waals surface area (Å²) in [5, 5.41) is 17.3. The second-order valence-corrected chi connectivity index (χ2v) is 9.51. The number of esters is 1. The first-order chi connectivity index (χ1) is 16.5. The Morgan fingerprint density at radius 2 is 1.68 bits per heavy atom. The van der Waals surface area contributed by atoms with Gasteiger partial charge >= 0.3 is 63.4 Å². The Labute approximate surface area is 278 Å². The number of rotatable bonds is 5. The predicted octanol–water partition coefficient (Wildman–Crippen LogP) is 2.17. The van der Waals surface area contributed by atoms with E-state index in [1.165, 1.54) is 16.0 Å². The molecule has 1 N–H and O–H groups in total. The number of nitrogens with zero attached hydrogens (tertiary/aromatic N) is 2. The molecule has 196 valence electrons. The van der Waals surface area contributed by atoms with Gasteiger partial charge in [0.25, 0.3) is 5.91 Å². The van der Waals surface area contributed by atoms with Gasteiger partial charge < -0.3 is 9.84 Å².